The van der Waals surface area contributed by atoms with Crippen LogP contribution in [0.5, 0.6) is 0 Å². The van der Waals surface area contributed by atoms with Crippen LogP contribution in [0.4, 0.5) is 0 Å². The Kier molecular flexibility index (Phi) is 5.57. The van der Waals surface area contributed by atoms with Crippen LogP contribution in [0.15, 0.2) is 12.2 Å². The molecule has 0 fully saturated rings. The Labute approximate surface area is 56.4 Å². The van der Waals surface area contributed by atoms with Crippen molar-refractivity contribution in [1.82, 2.24) is 0 Å². The fourth-order valence-electron chi connectivity index (χ4n) is 0.499. The number of hydrogen-bond donors (Lipinski definition) is 2. The summed E-state index contributed by atoms with van der Waals surface area (Å²) in [5.74, 6) is 0. The fraction of sp³-hybridized carbons (Fsp3) is 0.714. The summed E-state index contributed by atoms with van der Waals surface area (Å²) >= 11 is 0. The lowest BCUT2D eigenvalue weighted by Gasteiger charge is -1.97. The number of hydrogen-bond acceptors (Lipinski definition) is 2. The Bertz CT molecular complexity index is 81.0. The van der Waals surface area contributed by atoms with Crippen molar-refractivity contribution in [2.75, 3.05) is 6.61 Å². The Morgan fingerprint density at radius 2 is 2.33 bits per heavy atom. The minimum Gasteiger partial charge on any atom is -0.394 e. The fourth-order valence-corrected chi connectivity index (χ4v) is 0.499. The van der Waals surface area contributed by atoms with Gasteiger partial charge in [0.2, 0.25) is 0 Å². The molecule has 54 valence electrons. The Hall–Kier alpha value is -0.340. The lowest BCUT2D eigenvalue weighted by molar-refractivity contribution is 0.284. The van der Waals surface area contributed by atoms with Gasteiger partial charge in [0.1, 0.15) is 0 Å². The largest absolute Gasteiger partial charge is 0.394 e. The summed E-state index contributed by atoms with van der Waals surface area (Å²) in [5.41, 5.74) is 5.38. The molecule has 0 aromatic rings. The molecule has 0 heterocycles. The Morgan fingerprint density at radius 3 is 2.78 bits per heavy atom. The SMILES string of the molecule is CCC/C=C/[C@@H](N)CO. The van der Waals surface area contributed by atoms with E-state index in [0.29, 0.717) is 0 Å². The van der Waals surface area contributed by atoms with Crippen LogP contribution >= 0.6 is 0 Å². The second-order valence-electron chi connectivity index (χ2n) is 2.06. The molecule has 9 heavy (non-hydrogen) atoms. The van der Waals surface area contributed by atoms with Gasteiger partial charge in [0.15, 0.2) is 0 Å². The van der Waals surface area contributed by atoms with Gasteiger partial charge in [-0.15, -0.1) is 0 Å². The molecule has 1 atom stereocenters. The van der Waals surface area contributed by atoms with Crippen LogP contribution in [-0.4, -0.2) is 17.8 Å². The minimum absolute atomic E-state index is 0.0419. The van der Waals surface area contributed by atoms with E-state index in [9.17, 15) is 0 Å². The van der Waals surface area contributed by atoms with E-state index in [4.69, 9.17) is 10.8 Å². The summed E-state index contributed by atoms with van der Waals surface area (Å²) in [6, 6.07) is -0.170. The van der Waals surface area contributed by atoms with Crippen LogP contribution in [-0.2, 0) is 0 Å². The van der Waals surface area contributed by atoms with E-state index in [-0.39, 0.29) is 12.6 Å². The second-order valence-corrected chi connectivity index (χ2v) is 2.06. The highest BCUT2D eigenvalue weighted by molar-refractivity contribution is 4.90. The molecule has 0 amide bonds. The average Bonchev–Trinajstić information content (AvgIpc) is 1.89. The third-order valence-electron chi connectivity index (χ3n) is 1.05. The van der Waals surface area contributed by atoms with E-state index in [0.717, 1.165) is 12.8 Å². The highest BCUT2D eigenvalue weighted by atomic mass is 16.3. The maximum Gasteiger partial charge on any atom is 0.0618 e. The zero-order chi connectivity index (χ0) is 7.11. The molecule has 0 saturated heterocycles. The van der Waals surface area contributed by atoms with Crippen molar-refractivity contribution in [2.45, 2.75) is 25.8 Å². The van der Waals surface area contributed by atoms with Gasteiger partial charge in [-0.05, 0) is 6.42 Å². The maximum atomic E-state index is 8.46. The summed E-state index contributed by atoms with van der Waals surface area (Å²) in [7, 11) is 0. The van der Waals surface area contributed by atoms with Gasteiger partial charge in [-0.3, -0.25) is 0 Å². The molecule has 0 spiro atoms. The van der Waals surface area contributed by atoms with Crippen molar-refractivity contribution < 1.29 is 5.11 Å². The van der Waals surface area contributed by atoms with Crippen LogP contribution in [0, 0.1) is 0 Å². The normalized spacial score (nSPS) is 14.6. The van der Waals surface area contributed by atoms with E-state index >= 15 is 0 Å². The molecule has 0 unspecified atom stereocenters. The van der Waals surface area contributed by atoms with Crippen molar-refractivity contribution in [1.29, 1.82) is 0 Å². The zero-order valence-electron chi connectivity index (χ0n) is 5.88. The number of aliphatic hydroxyl groups is 1. The second kappa shape index (κ2) is 5.79. The van der Waals surface area contributed by atoms with Crippen molar-refractivity contribution in [2.24, 2.45) is 5.73 Å². The van der Waals surface area contributed by atoms with Gasteiger partial charge >= 0.3 is 0 Å². The molecular weight excluding hydrogens is 114 g/mol. The lowest BCUT2D eigenvalue weighted by atomic mass is 10.2. The molecule has 0 aliphatic carbocycles. The lowest BCUT2D eigenvalue weighted by Crippen LogP contribution is -2.20. The van der Waals surface area contributed by atoms with E-state index < -0.39 is 0 Å². The topological polar surface area (TPSA) is 46.2 Å². The highest BCUT2D eigenvalue weighted by Gasteiger charge is 1.89. The van der Waals surface area contributed by atoms with Gasteiger partial charge in [0, 0.05) is 6.04 Å². The number of unbranched alkanes of at least 4 members (excludes halogenated alkanes) is 1. The molecule has 2 heteroatoms. The van der Waals surface area contributed by atoms with Gasteiger partial charge in [0.25, 0.3) is 0 Å². The van der Waals surface area contributed by atoms with Crippen LogP contribution < -0.4 is 5.73 Å². The quantitative estimate of drug-likeness (QED) is 0.548. The zero-order valence-corrected chi connectivity index (χ0v) is 5.88. The molecule has 0 aromatic heterocycles. The molecule has 2 nitrogen and oxygen atoms in total. The summed E-state index contributed by atoms with van der Waals surface area (Å²) < 4.78 is 0. The predicted octanol–water partition coefficient (Wildman–Crippen LogP) is 0.662. The monoisotopic (exact) mass is 129 g/mol. The Balaban J connectivity index is 3.20. The first-order valence-corrected chi connectivity index (χ1v) is 3.34. The molecular formula is C7H15NO. The van der Waals surface area contributed by atoms with E-state index in [1.54, 1.807) is 0 Å². The number of nitrogens with two attached hydrogens (primary N) is 1. The van der Waals surface area contributed by atoms with Crippen molar-refractivity contribution in [3.63, 3.8) is 0 Å². The van der Waals surface area contributed by atoms with Crippen LogP contribution in [0.3, 0.4) is 0 Å². The van der Waals surface area contributed by atoms with Crippen molar-refractivity contribution in [3.05, 3.63) is 12.2 Å². The van der Waals surface area contributed by atoms with Crippen molar-refractivity contribution in [3.8, 4) is 0 Å². The first kappa shape index (κ1) is 8.66. The summed E-state index contributed by atoms with van der Waals surface area (Å²) in [6.45, 7) is 2.15. The summed E-state index contributed by atoms with van der Waals surface area (Å²) in [4.78, 5) is 0. The highest BCUT2D eigenvalue weighted by Crippen LogP contribution is 1.89. The third-order valence-corrected chi connectivity index (χ3v) is 1.05. The molecule has 0 aliphatic rings. The molecule has 0 aromatic carbocycles. The number of aliphatic hydroxyl groups excluding tert-OH is 1. The molecule has 3 N–H and O–H groups in total. The predicted molar refractivity (Wildman–Crippen MR) is 39.1 cm³/mol. The first-order valence-electron chi connectivity index (χ1n) is 3.34. The van der Waals surface area contributed by atoms with Crippen molar-refractivity contribution >= 4 is 0 Å². The summed E-state index contributed by atoms with van der Waals surface area (Å²) in [5, 5.41) is 8.46. The van der Waals surface area contributed by atoms with Gasteiger partial charge in [0.05, 0.1) is 6.61 Å². The number of allylic oxidation sites excluding steroid dienone is 1. The summed E-state index contributed by atoms with van der Waals surface area (Å²) in [6.07, 6.45) is 6.02. The van der Waals surface area contributed by atoms with E-state index in [1.165, 1.54) is 0 Å². The standard InChI is InChI=1S/C7H15NO/c1-2-3-4-5-7(8)6-9/h4-5,7,9H,2-3,6,8H2,1H3/b5-4+/t7-/m1/s1. The third kappa shape index (κ3) is 5.53. The average molecular weight is 129 g/mol. The van der Waals surface area contributed by atoms with Crippen LogP contribution in [0.25, 0.3) is 0 Å². The molecule has 0 radical (unpaired) electrons. The minimum atomic E-state index is -0.170. The smallest absolute Gasteiger partial charge is 0.0618 e. The van der Waals surface area contributed by atoms with E-state index in [1.807, 2.05) is 12.2 Å². The van der Waals surface area contributed by atoms with Gasteiger partial charge < -0.3 is 10.8 Å². The maximum absolute atomic E-state index is 8.46. The number of rotatable bonds is 4. The van der Waals surface area contributed by atoms with Crippen LogP contribution in [0.2, 0.25) is 0 Å². The first-order chi connectivity index (χ1) is 4.31. The Morgan fingerprint density at radius 1 is 1.67 bits per heavy atom. The molecule has 0 saturated carbocycles. The molecule has 0 aliphatic heterocycles. The van der Waals surface area contributed by atoms with Gasteiger partial charge in [-0.1, -0.05) is 25.5 Å². The molecule has 0 rings (SSSR count). The van der Waals surface area contributed by atoms with Gasteiger partial charge in [-0.2, -0.15) is 0 Å². The molecule has 0 bridgehead atoms. The van der Waals surface area contributed by atoms with Crippen LogP contribution in [0.1, 0.15) is 19.8 Å². The van der Waals surface area contributed by atoms with E-state index in [2.05, 4.69) is 6.92 Å². The van der Waals surface area contributed by atoms with Gasteiger partial charge in [-0.25, -0.2) is 0 Å².